The molecule has 220 valence electrons. The summed E-state index contributed by atoms with van der Waals surface area (Å²) in [5, 5.41) is 20.2. The van der Waals surface area contributed by atoms with Gasteiger partial charge in [0.25, 0.3) is 0 Å². The molecule has 1 aliphatic heterocycles. The number of aryl methyl sites for hydroxylation is 1. The fraction of sp³-hybridized carbons (Fsp3) is 0.414. The van der Waals surface area contributed by atoms with E-state index in [1.807, 2.05) is 30.3 Å². The molecule has 9 N–H and O–H groups in total. The first-order valence-corrected chi connectivity index (χ1v) is 13.7. The number of nitrogens with two attached hydrogens (primary N) is 2. The average molecular weight is 567 g/mol. The van der Waals surface area contributed by atoms with Crippen LogP contribution in [0, 0.1) is 0 Å². The van der Waals surface area contributed by atoms with Crippen molar-refractivity contribution in [2.75, 3.05) is 6.54 Å². The van der Waals surface area contributed by atoms with E-state index in [2.05, 4.69) is 21.3 Å². The highest BCUT2D eigenvalue weighted by Gasteiger charge is 2.30. The molecular weight excluding hydrogens is 528 g/mol. The Hall–Kier alpha value is -4.45. The molecule has 1 aliphatic rings. The number of phenolic OH excluding ortho intramolecular Hbond substituents is 1. The molecule has 1 heterocycles. The van der Waals surface area contributed by atoms with Crippen LogP contribution in [0.25, 0.3) is 0 Å². The van der Waals surface area contributed by atoms with Gasteiger partial charge in [0, 0.05) is 13.0 Å². The first kappa shape index (κ1) is 31.1. The fourth-order valence-electron chi connectivity index (χ4n) is 4.48. The number of rotatable bonds is 8. The van der Waals surface area contributed by atoms with Gasteiger partial charge in [0.05, 0.1) is 6.04 Å². The Kier molecular flexibility index (Phi) is 11.6. The third-order valence-electron chi connectivity index (χ3n) is 6.87. The highest BCUT2D eigenvalue weighted by molar-refractivity contribution is 5.94. The van der Waals surface area contributed by atoms with E-state index >= 15 is 0 Å². The monoisotopic (exact) mass is 566 g/mol. The van der Waals surface area contributed by atoms with Gasteiger partial charge in [-0.3, -0.25) is 24.0 Å². The van der Waals surface area contributed by atoms with E-state index in [0.29, 0.717) is 12.8 Å². The Morgan fingerprint density at radius 3 is 2.34 bits per heavy atom. The van der Waals surface area contributed by atoms with Gasteiger partial charge in [-0.15, -0.1) is 0 Å². The summed E-state index contributed by atoms with van der Waals surface area (Å²) in [7, 11) is 0. The zero-order valence-corrected chi connectivity index (χ0v) is 22.8. The Morgan fingerprint density at radius 2 is 1.66 bits per heavy atom. The van der Waals surface area contributed by atoms with Crippen LogP contribution in [-0.2, 0) is 36.8 Å². The molecule has 0 radical (unpaired) electrons. The normalized spacial score (nSPS) is 21.4. The Balaban J connectivity index is 1.77. The molecule has 3 rings (SSSR count). The fourth-order valence-corrected chi connectivity index (χ4v) is 4.48. The molecule has 0 saturated carbocycles. The molecule has 4 atom stereocenters. The SMILES string of the molecule is NC(=O)[C@@H]1CCC(=O)NCCCC(NC(=O)[C@@H](N)Cc2ccc(O)cc2)C(=O)NC(CCc2ccccc2)C(=O)N1. The number of nitrogens with one attached hydrogen (secondary N) is 4. The molecule has 2 aromatic carbocycles. The number of hydrogen-bond acceptors (Lipinski definition) is 7. The van der Waals surface area contributed by atoms with Crippen LogP contribution in [0.5, 0.6) is 5.75 Å². The van der Waals surface area contributed by atoms with E-state index in [1.54, 1.807) is 12.1 Å². The van der Waals surface area contributed by atoms with Crippen molar-refractivity contribution >= 4 is 29.5 Å². The van der Waals surface area contributed by atoms with Gasteiger partial charge in [0.2, 0.25) is 29.5 Å². The molecule has 2 unspecified atom stereocenters. The summed E-state index contributed by atoms with van der Waals surface area (Å²) in [6.45, 7) is 0.239. The Labute approximate surface area is 238 Å². The van der Waals surface area contributed by atoms with Crippen molar-refractivity contribution in [3.63, 3.8) is 0 Å². The topological polar surface area (TPSA) is 206 Å². The smallest absolute Gasteiger partial charge is 0.243 e. The lowest BCUT2D eigenvalue weighted by atomic mass is 10.0. The van der Waals surface area contributed by atoms with Crippen LogP contribution in [0.15, 0.2) is 54.6 Å². The summed E-state index contributed by atoms with van der Waals surface area (Å²) in [6, 6.07) is 11.5. The molecule has 1 fully saturated rings. The van der Waals surface area contributed by atoms with Crippen LogP contribution < -0.4 is 32.7 Å². The molecule has 0 bridgehead atoms. The van der Waals surface area contributed by atoms with Gasteiger partial charge in [0.15, 0.2) is 0 Å². The molecular formula is C29H38N6O6. The lowest BCUT2D eigenvalue weighted by molar-refractivity contribution is -0.134. The minimum absolute atomic E-state index is 0.0177. The molecule has 0 spiro atoms. The number of aromatic hydroxyl groups is 1. The van der Waals surface area contributed by atoms with Gasteiger partial charge in [0.1, 0.15) is 23.9 Å². The minimum atomic E-state index is -1.10. The zero-order valence-electron chi connectivity index (χ0n) is 22.8. The first-order chi connectivity index (χ1) is 19.6. The zero-order chi connectivity index (χ0) is 29.8. The van der Waals surface area contributed by atoms with E-state index in [-0.39, 0.29) is 50.3 Å². The predicted octanol–water partition coefficient (Wildman–Crippen LogP) is -0.475. The van der Waals surface area contributed by atoms with Crippen molar-refractivity contribution in [1.29, 1.82) is 0 Å². The predicted molar refractivity (Wildman–Crippen MR) is 151 cm³/mol. The lowest BCUT2D eigenvalue weighted by Crippen LogP contribution is -2.58. The maximum Gasteiger partial charge on any atom is 0.243 e. The summed E-state index contributed by atoms with van der Waals surface area (Å²) in [5.74, 6) is -2.82. The number of hydrogen-bond donors (Lipinski definition) is 7. The van der Waals surface area contributed by atoms with Crippen molar-refractivity contribution in [3.05, 3.63) is 65.7 Å². The van der Waals surface area contributed by atoms with Crippen molar-refractivity contribution in [1.82, 2.24) is 21.3 Å². The van der Waals surface area contributed by atoms with Gasteiger partial charge in [-0.2, -0.15) is 0 Å². The number of primary amides is 1. The van der Waals surface area contributed by atoms with Crippen molar-refractivity contribution in [2.45, 2.75) is 69.1 Å². The van der Waals surface area contributed by atoms with Gasteiger partial charge < -0.3 is 37.8 Å². The van der Waals surface area contributed by atoms with Crippen LogP contribution in [0.3, 0.4) is 0 Å². The van der Waals surface area contributed by atoms with E-state index in [0.717, 1.165) is 11.1 Å². The second-order valence-corrected chi connectivity index (χ2v) is 10.1. The maximum atomic E-state index is 13.4. The number of benzene rings is 2. The summed E-state index contributed by atoms with van der Waals surface area (Å²) in [6.07, 6.45) is 1.38. The van der Waals surface area contributed by atoms with Crippen molar-refractivity contribution < 1.29 is 29.1 Å². The van der Waals surface area contributed by atoms with Crippen molar-refractivity contribution in [2.24, 2.45) is 11.5 Å². The third-order valence-corrected chi connectivity index (χ3v) is 6.87. The van der Waals surface area contributed by atoms with Crippen LogP contribution in [-0.4, -0.2) is 65.4 Å². The Bertz CT molecular complexity index is 1210. The van der Waals surface area contributed by atoms with E-state index in [9.17, 15) is 29.1 Å². The first-order valence-electron chi connectivity index (χ1n) is 13.7. The Morgan fingerprint density at radius 1 is 0.951 bits per heavy atom. The van der Waals surface area contributed by atoms with Gasteiger partial charge >= 0.3 is 0 Å². The van der Waals surface area contributed by atoms with Crippen LogP contribution in [0.4, 0.5) is 0 Å². The van der Waals surface area contributed by atoms with Crippen LogP contribution in [0.2, 0.25) is 0 Å². The highest BCUT2D eigenvalue weighted by Crippen LogP contribution is 2.12. The summed E-state index contributed by atoms with van der Waals surface area (Å²) < 4.78 is 0. The highest BCUT2D eigenvalue weighted by atomic mass is 16.3. The molecule has 12 heteroatoms. The van der Waals surface area contributed by atoms with Gasteiger partial charge in [-0.25, -0.2) is 0 Å². The number of phenols is 1. The molecule has 12 nitrogen and oxygen atoms in total. The van der Waals surface area contributed by atoms with Gasteiger partial charge in [-0.1, -0.05) is 42.5 Å². The molecule has 0 aromatic heterocycles. The molecule has 2 aromatic rings. The molecule has 1 saturated heterocycles. The van der Waals surface area contributed by atoms with E-state index < -0.39 is 47.8 Å². The third kappa shape index (κ3) is 10.2. The van der Waals surface area contributed by atoms with Crippen molar-refractivity contribution in [3.8, 4) is 5.75 Å². The summed E-state index contributed by atoms with van der Waals surface area (Å²) in [5.41, 5.74) is 13.3. The van der Waals surface area contributed by atoms with Gasteiger partial charge in [-0.05, 0) is 61.8 Å². The number of carbonyl (C=O) groups is 5. The number of amides is 5. The quantitative estimate of drug-likeness (QED) is 0.223. The number of carbonyl (C=O) groups excluding carboxylic acids is 5. The van der Waals surface area contributed by atoms with Crippen LogP contribution in [0.1, 0.15) is 43.2 Å². The van der Waals surface area contributed by atoms with Crippen LogP contribution >= 0.6 is 0 Å². The average Bonchev–Trinajstić information content (AvgIpc) is 2.95. The summed E-state index contributed by atoms with van der Waals surface area (Å²) >= 11 is 0. The van der Waals surface area contributed by atoms with E-state index in [4.69, 9.17) is 11.5 Å². The molecule has 41 heavy (non-hydrogen) atoms. The van der Waals surface area contributed by atoms with E-state index in [1.165, 1.54) is 12.1 Å². The lowest BCUT2D eigenvalue weighted by Gasteiger charge is -2.26. The molecule has 5 amide bonds. The largest absolute Gasteiger partial charge is 0.508 e. The minimum Gasteiger partial charge on any atom is -0.508 e. The summed E-state index contributed by atoms with van der Waals surface area (Å²) in [4.78, 5) is 63.9. The second-order valence-electron chi connectivity index (χ2n) is 10.1. The maximum absolute atomic E-state index is 13.4. The second kappa shape index (κ2) is 15.4. The molecule has 0 aliphatic carbocycles. The standard InChI is InChI=1S/C29H38N6O6/c30-21(17-19-8-11-20(36)12-9-19)27(39)34-23-7-4-16-32-25(37)15-14-22(26(31)38)33-29(41)24(35-28(23)40)13-10-18-5-2-1-3-6-18/h1-3,5-6,8-9,11-12,21-24,36H,4,7,10,13-17,30H2,(H2,31,38)(H,32,37)(H,33,41)(H,34,39)(H,35,40)/t21-,22-,23?,24?/m0/s1.